The van der Waals surface area contributed by atoms with Crippen molar-refractivity contribution in [1.82, 2.24) is 4.90 Å². The quantitative estimate of drug-likeness (QED) is 0.416. The lowest BCUT2D eigenvalue weighted by Gasteiger charge is -2.09. The Morgan fingerprint density at radius 3 is 2.86 bits per heavy atom. The smallest absolute Gasteiger partial charge is 0.113 e. The molecule has 0 spiro atoms. The van der Waals surface area contributed by atoms with Crippen LogP contribution in [0.1, 0.15) is 0 Å². The fraction of sp³-hybridized carbons (Fsp3) is 0.500. The van der Waals surface area contributed by atoms with Crippen LogP contribution in [0.3, 0.4) is 0 Å². The van der Waals surface area contributed by atoms with E-state index < -0.39 is 0 Å². The van der Waals surface area contributed by atoms with Crippen LogP contribution in [0.4, 0.5) is 0 Å². The van der Waals surface area contributed by atoms with Gasteiger partial charge in [-0.3, -0.25) is 4.99 Å². The van der Waals surface area contributed by atoms with E-state index in [-0.39, 0.29) is 0 Å². The largest absolute Gasteiger partial charge is 0.346 e. The van der Waals surface area contributed by atoms with E-state index in [0.29, 0.717) is 0 Å². The minimum atomic E-state index is 0.740. The second kappa shape index (κ2) is 1.73. The molecule has 0 bridgehead atoms. The van der Waals surface area contributed by atoms with E-state index >= 15 is 0 Å². The van der Waals surface area contributed by atoms with Crippen LogP contribution in [-0.4, -0.2) is 31.3 Å². The third kappa shape index (κ3) is 0.994. The summed E-state index contributed by atoms with van der Waals surface area (Å²) in [6.07, 6.45) is 3.30. The van der Waals surface area contributed by atoms with Gasteiger partial charge in [-0.05, 0) is 0 Å². The predicted molar refractivity (Wildman–Crippen MR) is 29.6 cm³/mol. The van der Waals surface area contributed by atoms with Gasteiger partial charge in [0, 0.05) is 7.05 Å². The van der Waals surface area contributed by atoms with Crippen LogP contribution < -0.4 is 0 Å². The van der Waals surface area contributed by atoms with Crippen molar-refractivity contribution in [2.45, 2.75) is 0 Å². The van der Waals surface area contributed by atoms with E-state index in [1.54, 1.807) is 12.7 Å². The maximum atomic E-state index is 3.86. The minimum absolute atomic E-state index is 0.740. The number of hydrogen-bond donors (Lipinski definition) is 0. The zero-order chi connectivity index (χ0) is 5.11. The second-order valence-electron chi connectivity index (χ2n) is 1.46. The molecule has 0 unspecified atom stereocenters. The lowest BCUT2D eigenvalue weighted by Crippen LogP contribution is -2.18. The Hall–Kier alpha value is -0.860. The molecule has 38 valence electrons. The number of nitrogens with zero attached hydrogens (tertiary/aromatic N) is 3. The van der Waals surface area contributed by atoms with Gasteiger partial charge in [0.2, 0.25) is 0 Å². The summed E-state index contributed by atoms with van der Waals surface area (Å²) in [6.45, 7) is 0.740. The first-order chi connectivity index (χ1) is 3.39. The number of rotatable bonds is 0. The molecule has 1 rings (SSSR count). The Kier molecular flexibility index (Phi) is 1.06. The van der Waals surface area contributed by atoms with Crippen molar-refractivity contribution < 1.29 is 0 Å². The van der Waals surface area contributed by atoms with Crippen molar-refractivity contribution in [2.75, 3.05) is 13.7 Å². The monoisotopic (exact) mass is 97.1 g/mol. The fourth-order valence-corrected chi connectivity index (χ4v) is 0.393. The third-order valence-electron chi connectivity index (χ3n) is 0.717. The highest BCUT2D eigenvalue weighted by molar-refractivity contribution is 5.72. The third-order valence-corrected chi connectivity index (χ3v) is 0.717. The summed E-state index contributed by atoms with van der Waals surface area (Å²) in [5.74, 6) is 0. The molecule has 0 saturated carbocycles. The average Bonchev–Trinajstić information content (AvgIpc) is 1.69. The molecule has 0 fully saturated rings. The summed E-state index contributed by atoms with van der Waals surface area (Å²) in [5.41, 5.74) is 0. The maximum Gasteiger partial charge on any atom is 0.113 e. The van der Waals surface area contributed by atoms with Crippen LogP contribution in [0, 0.1) is 0 Å². The van der Waals surface area contributed by atoms with Crippen molar-refractivity contribution in [3.8, 4) is 0 Å². The molecule has 0 aromatic heterocycles. The minimum Gasteiger partial charge on any atom is -0.346 e. The molecule has 0 N–H and O–H groups in total. The highest BCUT2D eigenvalue weighted by atomic mass is 15.2. The molecule has 3 heteroatoms. The van der Waals surface area contributed by atoms with Crippen molar-refractivity contribution in [3.63, 3.8) is 0 Å². The molecule has 1 heterocycles. The Morgan fingerprint density at radius 2 is 2.57 bits per heavy atom. The van der Waals surface area contributed by atoms with Crippen molar-refractivity contribution in [3.05, 3.63) is 0 Å². The van der Waals surface area contributed by atoms with Gasteiger partial charge in [0.1, 0.15) is 13.0 Å². The van der Waals surface area contributed by atoms with Crippen LogP contribution in [0.25, 0.3) is 0 Å². The molecule has 0 radical (unpaired) electrons. The Morgan fingerprint density at radius 1 is 1.71 bits per heavy atom. The van der Waals surface area contributed by atoms with Gasteiger partial charge in [-0.15, -0.1) is 0 Å². The molecule has 0 atom stereocenters. The molecule has 1 aliphatic heterocycles. The summed E-state index contributed by atoms with van der Waals surface area (Å²) < 4.78 is 0. The summed E-state index contributed by atoms with van der Waals surface area (Å²) >= 11 is 0. The molecular weight excluding hydrogens is 90.1 g/mol. The Balaban J connectivity index is 2.49. The Labute approximate surface area is 42.4 Å². The summed E-state index contributed by atoms with van der Waals surface area (Å²) in [4.78, 5) is 9.53. The van der Waals surface area contributed by atoms with E-state index in [1.807, 2.05) is 11.9 Å². The summed E-state index contributed by atoms with van der Waals surface area (Å²) in [6, 6.07) is 0. The highest BCUT2D eigenvalue weighted by Crippen LogP contribution is 1.81. The number of aliphatic imine (C=N–C) groups is 2. The van der Waals surface area contributed by atoms with Crippen LogP contribution in [0.5, 0.6) is 0 Å². The van der Waals surface area contributed by atoms with E-state index in [9.17, 15) is 0 Å². The molecule has 0 aromatic carbocycles. The molecular formula is C4H7N3. The molecule has 0 amide bonds. The SMILES string of the molecule is CN1C=NC=NC1. The normalized spacial score (nSPS) is 18.1. The molecule has 0 aromatic rings. The molecule has 0 saturated heterocycles. The second-order valence-corrected chi connectivity index (χ2v) is 1.46. The van der Waals surface area contributed by atoms with Gasteiger partial charge in [-0.2, -0.15) is 0 Å². The van der Waals surface area contributed by atoms with Gasteiger partial charge in [-0.1, -0.05) is 0 Å². The van der Waals surface area contributed by atoms with Gasteiger partial charge in [0.25, 0.3) is 0 Å². The van der Waals surface area contributed by atoms with Crippen molar-refractivity contribution in [1.29, 1.82) is 0 Å². The molecule has 1 aliphatic rings. The number of hydrogen-bond acceptors (Lipinski definition) is 3. The average molecular weight is 97.1 g/mol. The molecule has 3 nitrogen and oxygen atoms in total. The first-order valence-electron chi connectivity index (χ1n) is 2.11. The van der Waals surface area contributed by atoms with Gasteiger partial charge < -0.3 is 4.90 Å². The Bertz CT molecular complexity index is 106. The highest BCUT2D eigenvalue weighted by Gasteiger charge is 1.88. The maximum absolute atomic E-state index is 3.86. The van der Waals surface area contributed by atoms with Crippen LogP contribution >= 0.6 is 0 Å². The summed E-state index contributed by atoms with van der Waals surface area (Å²) in [7, 11) is 1.93. The van der Waals surface area contributed by atoms with E-state index in [4.69, 9.17) is 0 Å². The van der Waals surface area contributed by atoms with Gasteiger partial charge in [0.05, 0.1) is 6.34 Å². The van der Waals surface area contributed by atoms with Gasteiger partial charge in [0.15, 0.2) is 0 Å². The topological polar surface area (TPSA) is 28.0 Å². The van der Waals surface area contributed by atoms with E-state index in [1.165, 1.54) is 0 Å². The standard InChI is InChI=1S/C4H7N3/c1-7-3-5-2-6-4-7/h2-3H,4H2,1H3. The molecule has 7 heavy (non-hydrogen) atoms. The lowest BCUT2D eigenvalue weighted by atomic mass is 10.8. The van der Waals surface area contributed by atoms with Gasteiger partial charge in [-0.25, -0.2) is 4.99 Å². The summed E-state index contributed by atoms with van der Waals surface area (Å²) in [5, 5.41) is 0. The lowest BCUT2D eigenvalue weighted by molar-refractivity contribution is 0.534. The van der Waals surface area contributed by atoms with Crippen LogP contribution in [0.15, 0.2) is 9.98 Å². The van der Waals surface area contributed by atoms with Gasteiger partial charge >= 0.3 is 0 Å². The van der Waals surface area contributed by atoms with Crippen LogP contribution in [-0.2, 0) is 0 Å². The predicted octanol–water partition coefficient (Wildman–Crippen LogP) is -0.0541. The van der Waals surface area contributed by atoms with Crippen molar-refractivity contribution in [2.24, 2.45) is 9.98 Å². The fourth-order valence-electron chi connectivity index (χ4n) is 0.393. The van der Waals surface area contributed by atoms with Crippen molar-refractivity contribution >= 4 is 12.7 Å². The van der Waals surface area contributed by atoms with Crippen LogP contribution in [0.2, 0.25) is 0 Å². The van der Waals surface area contributed by atoms with E-state index in [0.717, 1.165) is 6.67 Å². The first kappa shape index (κ1) is 4.30. The molecule has 0 aliphatic carbocycles. The van der Waals surface area contributed by atoms with E-state index in [2.05, 4.69) is 9.98 Å². The zero-order valence-corrected chi connectivity index (χ0v) is 4.20. The zero-order valence-electron chi connectivity index (χ0n) is 4.20. The first-order valence-corrected chi connectivity index (χ1v) is 2.11.